The molecule has 0 saturated carbocycles. The monoisotopic (exact) mass is 241 g/mol. The van der Waals surface area contributed by atoms with Gasteiger partial charge in [-0.1, -0.05) is 32.4 Å². The summed E-state index contributed by atoms with van der Waals surface area (Å²) in [4.78, 5) is 11.6. The lowest BCUT2D eigenvalue weighted by molar-refractivity contribution is -0.117. The molecule has 1 amide bonds. The number of aromatic hydroxyl groups is 1. The van der Waals surface area contributed by atoms with Crippen molar-refractivity contribution in [3.05, 3.63) is 23.2 Å². The van der Waals surface area contributed by atoms with Gasteiger partial charge in [-0.25, -0.2) is 0 Å². The first kappa shape index (κ1) is 12.8. The Morgan fingerprint density at radius 1 is 1.44 bits per heavy atom. The molecular weight excluding hydrogens is 226 g/mol. The molecule has 2 N–H and O–H groups in total. The van der Waals surface area contributed by atoms with Gasteiger partial charge in [0.2, 0.25) is 5.91 Å². The molecule has 0 aliphatic rings. The van der Waals surface area contributed by atoms with Gasteiger partial charge < -0.3 is 10.4 Å². The standard InChI is InChI=1S/C12H16ClNO2/c1-12(2,3)7-11(16)14-8-4-5-10(15)9(13)6-8/h4-6,15H,7H2,1-3H3,(H,14,16). The lowest BCUT2D eigenvalue weighted by Crippen LogP contribution is -2.19. The van der Waals surface area contributed by atoms with Crippen LogP contribution in [0.1, 0.15) is 27.2 Å². The van der Waals surface area contributed by atoms with Crippen LogP contribution in [0.3, 0.4) is 0 Å². The summed E-state index contributed by atoms with van der Waals surface area (Å²) < 4.78 is 0. The molecular formula is C12H16ClNO2. The predicted octanol–water partition coefficient (Wildman–Crippen LogP) is 3.42. The number of carbonyl (C=O) groups is 1. The van der Waals surface area contributed by atoms with Crippen LogP contribution in [-0.4, -0.2) is 11.0 Å². The maximum absolute atomic E-state index is 11.6. The summed E-state index contributed by atoms with van der Waals surface area (Å²) in [6.07, 6.45) is 0.436. The van der Waals surface area contributed by atoms with Crippen molar-refractivity contribution < 1.29 is 9.90 Å². The normalized spacial score (nSPS) is 11.2. The smallest absolute Gasteiger partial charge is 0.224 e. The fourth-order valence-electron chi connectivity index (χ4n) is 1.27. The number of nitrogens with one attached hydrogen (secondary N) is 1. The van der Waals surface area contributed by atoms with Gasteiger partial charge in [-0.2, -0.15) is 0 Å². The van der Waals surface area contributed by atoms with Gasteiger partial charge in [-0.3, -0.25) is 4.79 Å². The number of hydrogen-bond acceptors (Lipinski definition) is 2. The third kappa shape index (κ3) is 4.11. The van der Waals surface area contributed by atoms with Crippen molar-refractivity contribution in [2.45, 2.75) is 27.2 Å². The van der Waals surface area contributed by atoms with Crippen molar-refractivity contribution in [2.75, 3.05) is 5.32 Å². The molecule has 0 bridgehead atoms. The second-order valence-corrected chi connectivity index (χ2v) is 5.36. The number of phenols is 1. The van der Waals surface area contributed by atoms with Gasteiger partial charge in [0.05, 0.1) is 5.02 Å². The lowest BCUT2D eigenvalue weighted by atomic mass is 9.92. The van der Waals surface area contributed by atoms with Gasteiger partial charge in [0.1, 0.15) is 5.75 Å². The maximum Gasteiger partial charge on any atom is 0.224 e. The summed E-state index contributed by atoms with van der Waals surface area (Å²) in [6.45, 7) is 5.99. The van der Waals surface area contributed by atoms with E-state index >= 15 is 0 Å². The molecule has 0 spiro atoms. The molecule has 0 unspecified atom stereocenters. The van der Waals surface area contributed by atoms with Crippen molar-refractivity contribution >= 4 is 23.2 Å². The molecule has 1 rings (SSSR count). The van der Waals surface area contributed by atoms with Gasteiger partial charge in [0, 0.05) is 12.1 Å². The fourth-order valence-corrected chi connectivity index (χ4v) is 1.45. The number of hydrogen-bond donors (Lipinski definition) is 2. The van der Waals surface area contributed by atoms with Crippen LogP contribution in [0.4, 0.5) is 5.69 Å². The van der Waals surface area contributed by atoms with Crippen molar-refractivity contribution in [1.82, 2.24) is 0 Å². The third-order valence-electron chi connectivity index (χ3n) is 1.92. The topological polar surface area (TPSA) is 49.3 Å². The number of rotatable bonds is 2. The molecule has 3 nitrogen and oxygen atoms in total. The van der Waals surface area contributed by atoms with E-state index in [0.717, 1.165) is 0 Å². The van der Waals surface area contributed by atoms with E-state index in [1.807, 2.05) is 20.8 Å². The SMILES string of the molecule is CC(C)(C)CC(=O)Nc1ccc(O)c(Cl)c1. The highest BCUT2D eigenvalue weighted by Gasteiger charge is 2.16. The van der Waals surface area contributed by atoms with Crippen LogP contribution in [0, 0.1) is 5.41 Å². The van der Waals surface area contributed by atoms with Crippen molar-refractivity contribution in [1.29, 1.82) is 0 Å². The molecule has 1 aromatic carbocycles. The molecule has 0 aliphatic carbocycles. The van der Waals surface area contributed by atoms with E-state index in [4.69, 9.17) is 11.6 Å². The molecule has 0 saturated heterocycles. The highest BCUT2D eigenvalue weighted by atomic mass is 35.5. The molecule has 0 aliphatic heterocycles. The molecule has 0 heterocycles. The van der Waals surface area contributed by atoms with Crippen LogP contribution < -0.4 is 5.32 Å². The van der Waals surface area contributed by atoms with E-state index < -0.39 is 0 Å². The van der Waals surface area contributed by atoms with E-state index in [1.165, 1.54) is 12.1 Å². The van der Waals surface area contributed by atoms with E-state index in [1.54, 1.807) is 6.07 Å². The van der Waals surface area contributed by atoms with Crippen molar-refractivity contribution in [3.8, 4) is 5.75 Å². The average Bonchev–Trinajstić information content (AvgIpc) is 2.08. The first-order valence-electron chi connectivity index (χ1n) is 5.06. The summed E-state index contributed by atoms with van der Waals surface area (Å²) in [5.41, 5.74) is 0.544. The van der Waals surface area contributed by atoms with Crippen LogP contribution in [0.15, 0.2) is 18.2 Å². The van der Waals surface area contributed by atoms with Crippen LogP contribution in [0.2, 0.25) is 5.02 Å². The van der Waals surface area contributed by atoms with Crippen LogP contribution in [0.25, 0.3) is 0 Å². The molecule has 4 heteroatoms. The molecule has 0 radical (unpaired) electrons. The zero-order valence-corrected chi connectivity index (χ0v) is 10.4. The van der Waals surface area contributed by atoms with Gasteiger partial charge in [0.15, 0.2) is 0 Å². The van der Waals surface area contributed by atoms with Crippen LogP contribution >= 0.6 is 11.6 Å². The van der Waals surface area contributed by atoms with Gasteiger partial charge >= 0.3 is 0 Å². The van der Waals surface area contributed by atoms with E-state index in [0.29, 0.717) is 12.1 Å². The second-order valence-electron chi connectivity index (χ2n) is 4.95. The Morgan fingerprint density at radius 2 is 2.06 bits per heavy atom. The molecule has 0 aromatic heterocycles. The number of phenolic OH excluding ortho intramolecular Hbond substituents is 1. The van der Waals surface area contributed by atoms with E-state index in [-0.39, 0.29) is 22.1 Å². The van der Waals surface area contributed by atoms with Gasteiger partial charge in [-0.15, -0.1) is 0 Å². The Morgan fingerprint density at radius 3 is 2.56 bits per heavy atom. The third-order valence-corrected chi connectivity index (χ3v) is 2.23. The number of benzene rings is 1. The minimum Gasteiger partial charge on any atom is -0.506 e. The summed E-state index contributed by atoms with van der Waals surface area (Å²) in [7, 11) is 0. The molecule has 0 fully saturated rings. The van der Waals surface area contributed by atoms with Crippen LogP contribution in [-0.2, 0) is 4.79 Å². The first-order chi connectivity index (χ1) is 7.28. The summed E-state index contributed by atoms with van der Waals surface area (Å²) in [6, 6.07) is 4.59. The molecule has 88 valence electrons. The Hall–Kier alpha value is -1.22. The zero-order valence-electron chi connectivity index (χ0n) is 9.67. The van der Waals surface area contributed by atoms with E-state index in [2.05, 4.69) is 5.32 Å². The van der Waals surface area contributed by atoms with Gasteiger partial charge in [0.25, 0.3) is 0 Å². The summed E-state index contributed by atoms with van der Waals surface area (Å²) >= 11 is 5.73. The Bertz CT molecular complexity index is 396. The quantitative estimate of drug-likeness (QED) is 0.780. The Balaban J connectivity index is 2.67. The molecule has 16 heavy (non-hydrogen) atoms. The zero-order chi connectivity index (χ0) is 12.3. The fraction of sp³-hybridized carbons (Fsp3) is 0.417. The summed E-state index contributed by atoms with van der Waals surface area (Å²) in [5.74, 6) is -0.0512. The number of amides is 1. The number of anilines is 1. The minimum atomic E-state index is -0.0609. The largest absolute Gasteiger partial charge is 0.506 e. The number of carbonyl (C=O) groups excluding carboxylic acids is 1. The highest BCUT2D eigenvalue weighted by molar-refractivity contribution is 6.32. The highest BCUT2D eigenvalue weighted by Crippen LogP contribution is 2.26. The first-order valence-corrected chi connectivity index (χ1v) is 5.44. The van der Waals surface area contributed by atoms with Crippen molar-refractivity contribution in [3.63, 3.8) is 0 Å². The Labute approximate surface area is 100 Å². The predicted molar refractivity (Wildman–Crippen MR) is 65.8 cm³/mol. The number of halogens is 1. The van der Waals surface area contributed by atoms with Crippen LogP contribution in [0.5, 0.6) is 5.75 Å². The van der Waals surface area contributed by atoms with E-state index in [9.17, 15) is 9.90 Å². The lowest BCUT2D eigenvalue weighted by Gasteiger charge is -2.17. The maximum atomic E-state index is 11.6. The molecule has 0 atom stereocenters. The Kier molecular flexibility index (Phi) is 3.81. The summed E-state index contributed by atoms with van der Waals surface area (Å²) in [5, 5.41) is 12.2. The van der Waals surface area contributed by atoms with Gasteiger partial charge in [-0.05, 0) is 23.6 Å². The molecule has 1 aromatic rings. The second kappa shape index (κ2) is 4.74. The minimum absolute atomic E-state index is 0.00971. The van der Waals surface area contributed by atoms with Crippen molar-refractivity contribution in [2.24, 2.45) is 5.41 Å². The average molecular weight is 242 g/mol.